The molecular formula is C14H17N3O3. The van der Waals surface area contributed by atoms with E-state index in [0.29, 0.717) is 16.7 Å². The zero-order valence-electron chi connectivity index (χ0n) is 11.5. The molecule has 6 heteroatoms. The van der Waals surface area contributed by atoms with E-state index in [1.54, 1.807) is 25.3 Å². The maximum absolute atomic E-state index is 12.5. The van der Waals surface area contributed by atoms with E-state index >= 15 is 0 Å². The number of likely N-dealkylation sites (tertiary alicyclic amines) is 1. The third kappa shape index (κ3) is 2.02. The molecular weight excluding hydrogens is 258 g/mol. The highest BCUT2D eigenvalue weighted by molar-refractivity contribution is 5.78. The molecule has 1 N–H and O–H groups in total. The topological polar surface area (TPSA) is 67.3 Å². The van der Waals surface area contributed by atoms with Gasteiger partial charge in [0.15, 0.2) is 0 Å². The van der Waals surface area contributed by atoms with Crippen molar-refractivity contribution in [1.29, 1.82) is 0 Å². The van der Waals surface area contributed by atoms with Crippen molar-refractivity contribution in [2.75, 3.05) is 27.2 Å². The van der Waals surface area contributed by atoms with Gasteiger partial charge in [0, 0.05) is 12.6 Å². The lowest BCUT2D eigenvalue weighted by molar-refractivity contribution is 0.386. The van der Waals surface area contributed by atoms with Crippen LogP contribution in [0.1, 0.15) is 12.5 Å². The highest BCUT2D eigenvalue weighted by Gasteiger charge is 2.24. The summed E-state index contributed by atoms with van der Waals surface area (Å²) in [7, 11) is 3.54. The molecule has 1 fully saturated rings. The molecule has 20 heavy (non-hydrogen) atoms. The summed E-state index contributed by atoms with van der Waals surface area (Å²) in [6.07, 6.45) is 0.821. The number of benzene rings is 1. The van der Waals surface area contributed by atoms with Gasteiger partial charge in [-0.05, 0) is 32.1 Å². The lowest BCUT2D eigenvalue weighted by Gasteiger charge is -2.13. The summed E-state index contributed by atoms with van der Waals surface area (Å²) >= 11 is 0. The van der Waals surface area contributed by atoms with E-state index in [9.17, 15) is 9.59 Å². The van der Waals surface area contributed by atoms with E-state index in [1.165, 1.54) is 4.57 Å². The maximum atomic E-state index is 12.5. The Bertz CT molecular complexity index is 762. The SMILES string of the molecule is COc1ccc2c(=O)n(C3CCN(C)C3)c(=O)[nH]c2c1. The number of H-pyrrole nitrogens is 1. The summed E-state index contributed by atoms with van der Waals surface area (Å²) < 4.78 is 6.45. The first-order valence-corrected chi connectivity index (χ1v) is 6.61. The second-order valence-corrected chi connectivity index (χ2v) is 5.22. The summed E-state index contributed by atoms with van der Waals surface area (Å²) in [6.45, 7) is 1.63. The van der Waals surface area contributed by atoms with E-state index in [0.717, 1.165) is 19.5 Å². The summed E-state index contributed by atoms with van der Waals surface area (Å²) in [5.41, 5.74) is -0.0651. The second-order valence-electron chi connectivity index (χ2n) is 5.22. The van der Waals surface area contributed by atoms with Crippen molar-refractivity contribution < 1.29 is 4.74 Å². The number of fused-ring (bicyclic) bond motifs is 1. The number of hydrogen-bond acceptors (Lipinski definition) is 4. The number of aromatic nitrogens is 2. The smallest absolute Gasteiger partial charge is 0.329 e. The van der Waals surface area contributed by atoms with Gasteiger partial charge in [-0.3, -0.25) is 9.36 Å². The molecule has 0 bridgehead atoms. The number of aromatic amines is 1. The Balaban J connectivity index is 2.20. The fourth-order valence-electron chi connectivity index (χ4n) is 2.79. The van der Waals surface area contributed by atoms with Crippen molar-refractivity contribution in [2.24, 2.45) is 0 Å². The number of ether oxygens (including phenoxy) is 1. The van der Waals surface area contributed by atoms with Crippen LogP contribution in [0.3, 0.4) is 0 Å². The van der Waals surface area contributed by atoms with Gasteiger partial charge in [0.1, 0.15) is 5.75 Å². The number of hydrogen-bond donors (Lipinski definition) is 1. The van der Waals surface area contributed by atoms with Crippen LogP contribution in [0.2, 0.25) is 0 Å². The molecule has 1 unspecified atom stereocenters. The molecule has 106 valence electrons. The lowest BCUT2D eigenvalue weighted by atomic mass is 10.2. The number of nitrogens with zero attached hydrogens (tertiary/aromatic N) is 2. The molecule has 0 spiro atoms. The monoisotopic (exact) mass is 275 g/mol. The molecule has 1 atom stereocenters. The van der Waals surface area contributed by atoms with Gasteiger partial charge < -0.3 is 14.6 Å². The quantitative estimate of drug-likeness (QED) is 0.870. The molecule has 6 nitrogen and oxygen atoms in total. The number of likely N-dealkylation sites (N-methyl/N-ethyl adjacent to an activating group) is 1. The Morgan fingerprint density at radius 3 is 2.80 bits per heavy atom. The van der Waals surface area contributed by atoms with Gasteiger partial charge >= 0.3 is 5.69 Å². The van der Waals surface area contributed by atoms with E-state index in [1.807, 2.05) is 7.05 Å². The fourth-order valence-corrected chi connectivity index (χ4v) is 2.79. The first-order chi connectivity index (χ1) is 9.60. The molecule has 2 heterocycles. The molecule has 1 aromatic carbocycles. The van der Waals surface area contributed by atoms with Crippen LogP contribution in [0.5, 0.6) is 5.75 Å². The van der Waals surface area contributed by atoms with Crippen LogP contribution in [0.25, 0.3) is 10.9 Å². The first kappa shape index (κ1) is 12.9. The molecule has 1 aliphatic heterocycles. The van der Waals surface area contributed by atoms with E-state index in [4.69, 9.17) is 4.74 Å². The number of rotatable bonds is 2. The lowest BCUT2D eigenvalue weighted by Crippen LogP contribution is -2.38. The number of methoxy groups -OCH3 is 1. The predicted molar refractivity (Wildman–Crippen MR) is 76.5 cm³/mol. The molecule has 1 saturated heterocycles. The summed E-state index contributed by atoms with van der Waals surface area (Å²) in [5.74, 6) is 0.617. The van der Waals surface area contributed by atoms with E-state index in [-0.39, 0.29) is 17.3 Å². The van der Waals surface area contributed by atoms with Crippen molar-refractivity contribution in [2.45, 2.75) is 12.5 Å². The summed E-state index contributed by atoms with van der Waals surface area (Å²) in [4.78, 5) is 29.6. The van der Waals surface area contributed by atoms with Gasteiger partial charge in [-0.1, -0.05) is 0 Å². The number of nitrogens with one attached hydrogen (secondary N) is 1. The minimum absolute atomic E-state index is 0.0530. The van der Waals surface area contributed by atoms with Gasteiger partial charge in [0.2, 0.25) is 0 Å². The molecule has 0 saturated carbocycles. The van der Waals surface area contributed by atoms with E-state index in [2.05, 4.69) is 9.88 Å². The van der Waals surface area contributed by atoms with Crippen molar-refractivity contribution >= 4 is 10.9 Å². The van der Waals surface area contributed by atoms with E-state index < -0.39 is 0 Å². The minimum atomic E-state index is -0.351. The molecule has 0 amide bonds. The average molecular weight is 275 g/mol. The average Bonchev–Trinajstić information content (AvgIpc) is 2.84. The maximum Gasteiger partial charge on any atom is 0.329 e. The Morgan fingerprint density at radius 2 is 2.15 bits per heavy atom. The highest BCUT2D eigenvalue weighted by atomic mass is 16.5. The Labute approximate surface area is 115 Å². The third-order valence-corrected chi connectivity index (χ3v) is 3.87. The van der Waals surface area contributed by atoms with Crippen LogP contribution >= 0.6 is 0 Å². The van der Waals surface area contributed by atoms with Crippen molar-refractivity contribution in [1.82, 2.24) is 14.5 Å². The first-order valence-electron chi connectivity index (χ1n) is 6.61. The standard InChI is InChI=1S/C14H17N3O3/c1-16-6-5-9(8-16)17-13(18)11-4-3-10(20-2)7-12(11)15-14(17)19/h3-4,7,9H,5-6,8H2,1-2H3,(H,15,19). The Morgan fingerprint density at radius 1 is 1.35 bits per heavy atom. The minimum Gasteiger partial charge on any atom is -0.497 e. The van der Waals surface area contributed by atoms with Crippen LogP contribution in [-0.4, -0.2) is 41.7 Å². The molecule has 1 aliphatic rings. The van der Waals surface area contributed by atoms with Crippen molar-refractivity contribution in [3.63, 3.8) is 0 Å². The van der Waals surface area contributed by atoms with Gasteiger partial charge in [-0.25, -0.2) is 4.79 Å². The van der Waals surface area contributed by atoms with Gasteiger partial charge in [0.05, 0.1) is 24.1 Å². The molecule has 3 rings (SSSR count). The van der Waals surface area contributed by atoms with Gasteiger partial charge in [-0.2, -0.15) is 0 Å². The summed E-state index contributed by atoms with van der Waals surface area (Å²) in [5, 5.41) is 0.514. The second kappa shape index (κ2) is 4.79. The molecule has 1 aromatic heterocycles. The van der Waals surface area contributed by atoms with Crippen LogP contribution in [0.4, 0.5) is 0 Å². The third-order valence-electron chi connectivity index (χ3n) is 3.87. The van der Waals surface area contributed by atoms with Gasteiger partial charge in [0.25, 0.3) is 5.56 Å². The molecule has 0 aliphatic carbocycles. The summed E-state index contributed by atoms with van der Waals surface area (Å²) in [6, 6.07) is 5.04. The zero-order valence-corrected chi connectivity index (χ0v) is 11.5. The van der Waals surface area contributed by atoms with Crippen LogP contribution < -0.4 is 16.0 Å². The van der Waals surface area contributed by atoms with Crippen molar-refractivity contribution in [3.8, 4) is 5.75 Å². The van der Waals surface area contributed by atoms with Crippen LogP contribution in [0, 0.1) is 0 Å². The Kier molecular flexibility index (Phi) is 3.10. The highest BCUT2D eigenvalue weighted by Crippen LogP contribution is 2.19. The Hall–Kier alpha value is -2.08. The predicted octanol–water partition coefficient (Wildman–Crippen LogP) is 0.575. The van der Waals surface area contributed by atoms with Crippen LogP contribution in [0.15, 0.2) is 27.8 Å². The fraction of sp³-hybridized carbons (Fsp3) is 0.429. The van der Waals surface area contributed by atoms with Crippen molar-refractivity contribution in [3.05, 3.63) is 39.0 Å². The zero-order chi connectivity index (χ0) is 14.3. The normalized spacial score (nSPS) is 19.6. The largest absolute Gasteiger partial charge is 0.497 e. The van der Waals surface area contributed by atoms with Gasteiger partial charge in [-0.15, -0.1) is 0 Å². The van der Waals surface area contributed by atoms with Crippen LogP contribution in [-0.2, 0) is 0 Å². The molecule has 2 aromatic rings. The molecule has 0 radical (unpaired) electrons.